The van der Waals surface area contributed by atoms with Gasteiger partial charge in [-0.05, 0) is 24.0 Å². The van der Waals surface area contributed by atoms with Gasteiger partial charge in [0.2, 0.25) is 0 Å². The summed E-state index contributed by atoms with van der Waals surface area (Å²) in [6.45, 7) is -0.288. The second-order valence-corrected chi connectivity index (χ2v) is 4.88. The molecule has 0 aliphatic heterocycles. The number of nitrogens with one attached hydrogen (secondary N) is 1. The zero-order valence-electron chi connectivity index (χ0n) is 10.6. The van der Waals surface area contributed by atoms with Gasteiger partial charge in [0, 0.05) is 24.3 Å². The fourth-order valence-electron chi connectivity index (χ4n) is 1.60. The number of rotatable bonds is 7. The van der Waals surface area contributed by atoms with E-state index in [0.29, 0.717) is 5.56 Å². The molecule has 0 bridgehead atoms. The number of hydrogen-bond acceptors (Lipinski definition) is 4. The normalized spacial score (nSPS) is 11.9. The third kappa shape index (κ3) is 4.92. The molecule has 0 spiro atoms. The number of aliphatic hydroxyl groups excluding tert-OH is 1. The van der Waals surface area contributed by atoms with Gasteiger partial charge in [-0.25, -0.2) is 4.79 Å². The summed E-state index contributed by atoms with van der Waals surface area (Å²) >= 11 is 1.64. The van der Waals surface area contributed by atoms with Crippen LogP contribution in [0.1, 0.15) is 22.3 Å². The van der Waals surface area contributed by atoms with Gasteiger partial charge in [-0.2, -0.15) is 11.8 Å². The average Bonchev–Trinajstić information content (AvgIpc) is 2.38. The molecule has 0 aromatic heterocycles. The van der Waals surface area contributed by atoms with Crippen LogP contribution in [0, 0.1) is 0 Å². The van der Waals surface area contributed by atoms with Gasteiger partial charge in [0.1, 0.15) is 6.04 Å². The Balaban J connectivity index is 2.76. The van der Waals surface area contributed by atoms with Crippen LogP contribution in [0.25, 0.3) is 0 Å². The molecule has 0 fully saturated rings. The van der Waals surface area contributed by atoms with Gasteiger partial charge in [0.15, 0.2) is 0 Å². The number of carboxylic acids is 1. The summed E-state index contributed by atoms with van der Waals surface area (Å²) in [5.74, 6) is -0.799. The molecule has 0 saturated carbocycles. The van der Waals surface area contributed by atoms with Crippen molar-refractivity contribution in [1.82, 2.24) is 5.32 Å². The largest absolute Gasteiger partial charge is 0.480 e. The molecule has 0 aliphatic rings. The molecule has 104 valence electrons. The fourth-order valence-corrected chi connectivity index (χ4v) is 2.11. The number of aliphatic carboxylic acids is 1. The van der Waals surface area contributed by atoms with E-state index in [1.165, 1.54) is 0 Å². The minimum absolute atomic E-state index is 0.00836. The first-order chi connectivity index (χ1) is 9.08. The van der Waals surface area contributed by atoms with Crippen LogP contribution in [-0.2, 0) is 10.5 Å². The molecular formula is C13H17NO4S. The van der Waals surface area contributed by atoms with Gasteiger partial charge < -0.3 is 15.5 Å². The Hall–Kier alpha value is -1.53. The average molecular weight is 283 g/mol. The number of carboxylic acid groups (broad SMARTS) is 1. The lowest BCUT2D eigenvalue weighted by Crippen LogP contribution is -2.41. The molecule has 0 radical (unpaired) electrons. The van der Waals surface area contributed by atoms with Crippen LogP contribution in [0.4, 0.5) is 0 Å². The molecule has 1 amide bonds. The minimum atomic E-state index is -1.15. The minimum Gasteiger partial charge on any atom is -0.480 e. The molecule has 6 heteroatoms. The molecule has 1 atom stereocenters. The molecule has 0 unspecified atom stereocenters. The van der Waals surface area contributed by atoms with Crippen LogP contribution in [0.2, 0.25) is 0 Å². The quantitative estimate of drug-likeness (QED) is 0.698. The van der Waals surface area contributed by atoms with Crippen LogP contribution in [-0.4, -0.2) is 41.0 Å². The number of carbonyl (C=O) groups is 2. The molecule has 0 saturated heterocycles. The summed E-state index contributed by atoms with van der Waals surface area (Å²) < 4.78 is 0. The van der Waals surface area contributed by atoms with Crippen molar-refractivity contribution in [3.8, 4) is 0 Å². The van der Waals surface area contributed by atoms with Crippen molar-refractivity contribution in [2.45, 2.75) is 18.2 Å². The molecule has 5 nitrogen and oxygen atoms in total. The maximum absolute atomic E-state index is 11.9. The Kier molecular flexibility index (Phi) is 6.38. The van der Waals surface area contributed by atoms with E-state index >= 15 is 0 Å². The Morgan fingerprint density at radius 1 is 1.42 bits per heavy atom. The lowest BCUT2D eigenvalue weighted by atomic mass is 10.1. The highest BCUT2D eigenvalue weighted by atomic mass is 32.2. The summed E-state index contributed by atoms with van der Waals surface area (Å²) in [4.78, 5) is 22.8. The van der Waals surface area contributed by atoms with Crippen LogP contribution in [0.15, 0.2) is 24.3 Å². The fraction of sp³-hybridized carbons (Fsp3) is 0.385. The first kappa shape index (κ1) is 15.5. The third-order valence-corrected chi connectivity index (χ3v) is 3.14. The molecule has 19 heavy (non-hydrogen) atoms. The highest BCUT2D eigenvalue weighted by Crippen LogP contribution is 2.11. The number of benzene rings is 1. The van der Waals surface area contributed by atoms with Crippen molar-refractivity contribution >= 4 is 23.6 Å². The number of aliphatic hydroxyl groups is 1. The zero-order chi connectivity index (χ0) is 14.3. The predicted molar refractivity (Wildman–Crippen MR) is 74.3 cm³/mol. The van der Waals surface area contributed by atoms with Crippen LogP contribution < -0.4 is 5.32 Å². The SMILES string of the molecule is CSCc1cccc(C(=O)N[C@H](CCO)C(=O)O)c1. The van der Waals surface area contributed by atoms with Crippen molar-refractivity contribution < 1.29 is 19.8 Å². The first-order valence-corrected chi connectivity index (χ1v) is 7.20. The highest BCUT2D eigenvalue weighted by molar-refractivity contribution is 7.97. The first-order valence-electron chi connectivity index (χ1n) is 5.81. The van der Waals surface area contributed by atoms with Gasteiger partial charge in [0.25, 0.3) is 5.91 Å². The van der Waals surface area contributed by atoms with E-state index in [1.54, 1.807) is 30.0 Å². The lowest BCUT2D eigenvalue weighted by Gasteiger charge is -2.13. The van der Waals surface area contributed by atoms with Crippen molar-refractivity contribution in [1.29, 1.82) is 0 Å². The summed E-state index contributed by atoms with van der Waals surface area (Å²) in [7, 11) is 0. The van der Waals surface area contributed by atoms with Gasteiger partial charge in [-0.15, -0.1) is 0 Å². The maximum atomic E-state index is 11.9. The smallest absolute Gasteiger partial charge is 0.326 e. The van der Waals surface area contributed by atoms with E-state index < -0.39 is 17.9 Å². The number of thioether (sulfide) groups is 1. The topological polar surface area (TPSA) is 86.6 Å². The second-order valence-electron chi connectivity index (χ2n) is 4.01. The van der Waals surface area contributed by atoms with Crippen molar-refractivity contribution in [3.63, 3.8) is 0 Å². The molecule has 0 aliphatic carbocycles. The van der Waals surface area contributed by atoms with Crippen LogP contribution in [0.5, 0.6) is 0 Å². The molecule has 3 N–H and O–H groups in total. The standard InChI is InChI=1S/C13H17NO4S/c1-19-8-9-3-2-4-10(7-9)12(16)14-11(5-6-15)13(17)18/h2-4,7,11,15H,5-6,8H2,1H3,(H,14,16)(H,17,18)/t11-/m1/s1. The summed E-state index contributed by atoms with van der Waals surface area (Å²) in [5, 5.41) is 20.1. The van der Waals surface area contributed by atoms with E-state index in [9.17, 15) is 9.59 Å². The van der Waals surface area contributed by atoms with E-state index in [4.69, 9.17) is 10.2 Å². The number of carbonyl (C=O) groups excluding carboxylic acids is 1. The van der Waals surface area contributed by atoms with Gasteiger partial charge in [0.05, 0.1) is 0 Å². The molecule has 0 heterocycles. The molecule has 1 aromatic rings. The summed E-state index contributed by atoms with van der Waals surface area (Å²) in [6, 6.07) is 5.99. The van der Waals surface area contributed by atoms with Crippen LogP contribution >= 0.6 is 11.8 Å². The van der Waals surface area contributed by atoms with Crippen molar-refractivity contribution in [2.24, 2.45) is 0 Å². The van der Waals surface area contributed by atoms with E-state index in [2.05, 4.69) is 5.32 Å². The second kappa shape index (κ2) is 7.81. The third-order valence-electron chi connectivity index (χ3n) is 2.52. The predicted octanol–water partition coefficient (Wildman–Crippen LogP) is 1.12. The molecule has 1 aromatic carbocycles. The van der Waals surface area contributed by atoms with Gasteiger partial charge >= 0.3 is 5.97 Å². The van der Waals surface area contributed by atoms with Gasteiger partial charge in [-0.3, -0.25) is 4.79 Å². The highest BCUT2D eigenvalue weighted by Gasteiger charge is 2.19. The summed E-state index contributed by atoms with van der Waals surface area (Å²) in [5.41, 5.74) is 1.44. The Morgan fingerprint density at radius 2 is 2.16 bits per heavy atom. The number of amides is 1. The number of hydrogen-bond donors (Lipinski definition) is 3. The molecular weight excluding hydrogens is 266 g/mol. The Morgan fingerprint density at radius 3 is 2.74 bits per heavy atom. The van der Waals surface area contributed by atoms with Crippen molar-refractivity contribution in [2.75, 3.05) is 12.9 Å². The Labute approximate surface area is 116 Å². The van der Waals surface area contributed by atoms with Crippen molar-refractivity contribution in [3.05, 3.63) is 35.4 Å². The maximum Gasteiger partial charge on any atom is 0.326 e. The molecule has 1 rings (SSSR count). The van der Waals surface area contributed by atoms with Crippen LogP contribution in [0.3, 0.4) is 0 Å². The lowest BCUT2D eigenvalue weighted by molar-refractivity contribution is -0.139. The van der Waals surface area contributed by atoms with E-state index in [1.807, 2.05) is 12.3 Å². The zero-order valence-corrected chi connectivity index (χ0v) is 11.4. The van der Waals surface area contributed by atoms with Gasteiger partial charge in [-0.1, -0.05) is 12.1 Å². The monoisotopic (exact) mass is 283 g/mol. The van der Waals surface area contributed by atoms with E-state index in [-0.39, 0.29) is 13.0 Å². The van der Waals surface area contributed by atoms with E-state index in [0.717, 1.165) is 11.3 Å². The Bertz CT molecular complexity index is 450. The summed E-state index contributed by atoms with van der Waals surface area (Å²) in [6.07, 6.45) is 1.96.